The lowest BCUT2D eigenvalue weighted by molar-refractivity contribution is -0.143. The molecule has 278 valence electrons. The van der Waals surface area contributed by atoms with Gasteiger partial charge in [-0.05, 0) is 53.8 Å². The molecule has 0 aliphatic carbocycles. The summed E-state index contributed by atoms with van der Waals surface area (Å²) in [6.45, 7) is 0.200. The van der Waals surface area contributed by atoms with Crippen LogP contribution >= 0.6 is 0 Å². The second kappa shape index (κ2) is 17.8. The van der Waals surface area contributed by atoms with Crippen LogP contribution in [-0.2, 0) is 49.7 Å². The number of H-pyrrole nitrogens is 1. The average molecular weight is 726 g/mol. The van der Waals surface area contributed by atoms with E-state index in [1.165, 1.54) is 35.5 Å². The van der Waals surface area contributed by atoms with E-state index in [-0.39, 0.29) is 50.1 Å². The van der Waals surface area contributed by atoms with Crippen molar-refractivity contribution in [2.75, 3.05) is 6.54 Å². The number of carboxylic acid groups (broad SMARTS) is 1. The predicted molar refractivity (Wildman–Crippen MR) is 192 cm³/mol. The van der Waals surface area contributed by atoms with E-state index in [0.717, 1.165) is 0 Å². The molecule has 0 spiro atoms. The quantitative estimate of drug-likeness (QED) is 0.0814. The number of carboxylic acids is 1. The number of aromatic amines is 1. The molecule has 1 saturated heterocycles. The van der Waals surface area contributed by atoms with Gasteiger partial charge < -0.3 is 46.9 Å². The minimum absolute atomic E-state index is 0.00362. The Labute approximate surface area is 305 Å². The molecule has 1 aromatic heterocycles. The Bertz CT molecular complexity index is 1850. The lowest BCUT2D eigenvalue weighted by Crippen LogP contribution is -2.59. The number of nitrogens with zero attached hydrogens (tertiary/aromatic N) is 2. The molecule has 1 fully saturated rings. The van der Waals surface area contributed by atoms with Gasteiger partial charge >= 0.3 is 5.97 Å². The zero-order valence-electron chi connectivity index (χ0n) is 28.9. The molecular weight excluding hydrogens is 682 g/mol. The van der Waals surface area contributed by atoms with Crippen LogP contribution in [0.2, 0.25) is 0 Å². The molecule has 15 heteroatoms. The van der Waals surface area contributed by atoms with E-state index in [2.05, 4.69) is 25.9 Å². The standard InChI is InChI=1S/C38H43N7O8/c39-29(20-26-21-40-22-41-26)34(48)43-31(18-25-10-14-28(47)15-11-25)37(51)45-16-4-7-33(45)36(50)42-30(17-24-8-12-27(46)13-9-24)35(49)44-32(38(52)53)19-23-5-2-1-3-6-23/h1-3,5-6,8-15,21-22,29-33,46-47H,4,7,16-20,39H2,(H,40,41)(H,42,50)(H,43,48)(H,44,49)(H,52,53)/t29-,30-,31-,32-,33-/m0/s1. The normalized spacial score (nSPS) is 16.2. The fourth-order valence-electron chi connectivity index (χ4n) is 6.24. The Balaban J connectivity index is 1.34. The Morgan fingerprint density at radius 3 is 1.91 bits per heavy atom. The Kier molecular flexibility index (Phi) is 12.8. The summed E-state index contributed by atoms with van der Waals surface area (Å²) in [7, 11) is 0. The largest absolute Gasteiger partial charge is 0.508 e. The summed E-state index contributed by atoms with van der Waals surface area (Å²) in [5.41, 5.74) is 8.72. The van der Waals surface area contributed by atoms with Crippen molar-refractivity contribution in [3.8, 4) is 11.5 Å². The van der Waals surface area contributed by atoms with Gasteiger partial charge in [0, 0.05) is 44.1 Å². The minimum atomic E-state index is -1.29. The van der Waals surface area contributed by atoms with Crippen molar-refractivity contribution in [2.45, 2.75) is 68.7 Å². The van der Waals surface area contributed by atoms with Crippen LogP contribution in [0.15, 0.2) is 91.4 Å². The van der Waals surface area contributed by atoms with E-state index in [1.54, 1.807) is 60.8 Å². The highest BCUT2D eigenvalue weighted by atomic mass is 16.4. The maximum atomic E-state index is 14.2. The van der Waals surface area contributed by atoms with Crippen molar-refractivity contribution in [1.82, 2.24) is 30.8 Å². The molecule has 1 aliphatic heterocycles. The van der Waals surface area contributed by atoms with Gasteiger partial charge in [-0.15, -0.1) is 0 Å². The first kappa shape index (κ1) is 38.0. The van der Waals surface area contributed by atoms with E-state index in [4.69, 9.17) is 5.73 Å². The van der Waals surface area contributed by atoms with Crippen LogP contribution in [0, 0.1) is 0 Å². The Hall–Kier alpha value is -6.22. The number of aromatic nitrogens is 2. The first-order valence-electron chi connectivity index (χ1n) is 17.2. The molecular formula is C38H43N7O8. The molecule has 3 aromatic carbocycles. The second-order valence-electron chi connectivity index (χ2n) is 13.0. The van der Waals surface area contributed by atoms with Gasteiger partial charge in [0.1, 0.15) is 35.7 Å². The predicted octanol–water partition coefficient (Wildman–Crippen LogP) is 0.949. The van der Waals surface area contributed by atoms with Gasteiger partial charge in [0.15, 0.2) is 0 Å². The smallest absolute Gasteiger partial charge is 0.326 e. The number of phenols is 2. The maximum absolute atomic E-state index is 14.2. The third-order valence-corrected chi connectivity index (χ3v) is 9.07. The average Bonchev–Trinajstić information content (AvgIpc) is 3.85. The lowest BCUT2D eigenvalue weighted by atomic mass is 10.0. The van der Waals surface area contributed by atoms with Crippen molar-refractivity contribution in [2.24, 2.45) is 5.73 Å². The van der Waals surface area contributed by atoms with Gasteiger partial charge in [-0.3, -0.25) is 19.2 Å². The fraction of sp³-hybridized carbons (Fsp3) is 0.316. The first-order chi connectivity index (χ1) is 25.5. The third-order valence-electron chi connectivity index (χ3n) is 9.07. The summed E-state index contributed by atoms with van der Waals surface area (Å²) in [6, 6.07) is 15.3. The van der Waals surface area contributed by atoms with Gasteiger partial charge in [0.2, 0.25) is 23.6 Å². The monoisotopic (exact) mass is 725 g/mol. The van der Waals surface area contributed by atoms with Gasteiger partial charge in [-0.1, -0.05) is 54.6 Å². The minimum Gasteiger partial charge on any atom is -0.508 e. The number of benzene rings is 3. The molecule has 5 atom stereocenters. The molecule has 0 radical (unpaired) electrons. The molecule has 1 aliphatic rings. The molecule has 5 rings (SSSR count). The van der Waals surface area contributed by atoms with Crippen LogP contribution in [0.3, 0.4) is 0 Å². The number of nitrogens with two attached hydrogens (primary N) is 1. The first-order valence-corrected chi connectivity index (χ1v) is 17.2. The molecule has 2 heterocycles. The van der Waals surface area contributed by atoms with Gasteiger partial charge in [0.25, 0.3) is 0 Å². The van der Waals surface area contributed by atoms with Crippen molar-refractivity contribution in [3.63, 3.8) is 0 Å². The molecule has 9 N–H and O–H groups in total. The van der Waals surface area contributed by atoms with E-state index in [0.29, 0.717) is 28.8 Å². The molecule has 53 heavy (non-hydrogen) atoms. The van der Waals surface area contributed by atoms with Crippen LogP contribution in [0.1, 0.15) is 35.2 Å². The summed E-state index contributed by atoms with van der Waals surface area (Å²) >= 11 is 0. The highest BCUT2D eigenvalue weighted by molar-refractivity contribution is 5.96. The summed E-state index contributed by atoms with van der Waals surface area (Å²) in [4.78, 5) is 75.5. The van der Waals surface area contributed by atoms with E-state index in [9.17, 15) is 39.3 Å². The van der Waals surface area contributed by atoms with E-state index >= 15 is 0 Å². The van der Waals surface area contributed by atoms with Crippen LogP contribution < -0.4 is 21.7 Å². The molecule has 0 saturated carbocycles. The fourth-order valence-corrected chi connectivity index (χ4v) is 6.24. The molecule has 4 aromatic rings. The van der Waals surface area contributed by atoms with Crippen molar-refractivity contribution in [3.05, 3.63) is 114 Å². The number of amides is 4. The van der Waals surface area contributed by atoms with Crippen molar-refractivity contribution >= 4 is 29.6 Å². The molecule has 0 unspecified atom stereocenters. The number of likely N-dealkylation sites (tertiary alicyclic amines) is 1. The highest BCUT2D eigenvalue weighted by Gasteiger charge is 2.39. The molecule has 0 bridgehead atoms. The number of phenolic OH excluding ortho intramolecular Hbond substituents is 2. The van der Waals surface area contributed by atoms with Crippen LogP contribution in [0.4, 0.5) is 0 Å². The lowest BCUT2D eigenvalue weighted by Gasteiger charge is -2.30. The number of carbonyl (C=O) groups excluding carboxylic acids is 4. The highest BCUT2D eigenvalue weighted by Crippen LogP contribution is 2.21. The number of nitrogens with one attached hydrogen (secondary N) is 4. The van der Waals surface area contributed by atoms with Crippen molar-refractivity contribution in [1.29, 1.82) is 0 Å². The summed E-state index contributed by atoms with van der Waals surface area (Å²) in [5, 5.41) is 37.6. The van der Waals surface area contributed by atoms with Crippen LogP contribution in [0.25, 0.3) is 0 Å². The van der Waals surface area contributed by atoms with Crippen molar-refractivity contribution < 1.29 is 39.3 Å². The number of aromatic hydroxyl groups is 2. The third kappa shape index (κ3) is 10.6. The van der Waals surface area contributed by atoms with Gasteiger partial charge in [0.05, 0.1) is 12.4 Å². The number of rotatable bonds is 16. The molecule has 4 amide bonds. The Morgan fingerprint density at radius 2 is 1.32 bits per heavy atom. The number of hydrogen-bond acceptors (Lipinski definition) is 9. The maximum Gasteiger partial charge on any atom is 0.326 e. The topological polar surface area (TPSA) is 240 Å². The van der Waals surface area contributed by atoms with E-state index < -0.39 is 59.8 Å². The van der Waals surface area contributed by atoms with Crippen LogP contribution in [0.5, 0.6) is 11.5 Å². The second-order valence-corrected chi connectivity index (χ2v) is 13.0. The SMILES string of the molecule is N[C@@H](Cc1cnc[nH]1)C(=O)N[C@@H](Cc1ccc(O)cc1)C(=O)N1CCC[C@H]1C(=O)N[C@@H](Cc1ccc(O)cc1)C(=O)N[C@@H](Cc1ccccc1)C(=O)O. The number of imidazole rings is 1. The van der Waals surface area contributed by atoms with E-state index in [1.807, 2.05) is 0 Å². The van der Waals surface area contributed by atoms with Gasteiger partial charge in [-0.2, -0.15) is 0 Å². The zero-order chi connectivity index (χ0) is 37.9. The molecule has 15 nitrogen and oxygen atoms in total. The number of carbonyl (C=O) groups is 5. The summed E-state index contributed by atoms with van der Waals surface area (Å²) in [6.07, 6.45) is 3.89. The Morgan fingerprint density at radius 1 is 0.755 bits per heavy atom. The van der Waals surface area contributed by atoms with Crippen LogP contribution in [-0.4, -0.2) is 96.5 Å². The van der Waals surface area contributed by atoms with Gasteiger partial charge in [-0.25, -0.2) is 9.78 Å². The number of hydrogen-bond donors (Lipinski definition) is 8. The summed E-state index contributed by atoms with van der Waals surface area (Å²) in [5.74, 6) is -3.72. The number of aliphatic carboxylic acids is 1. The summed E-state index contributed by atoms with van der Waals surface area (Å²) < 4.78 is 0. The zero-order valence-corrected chi connectivity index (χ0v) is 28.9.